The van der Waals surface area contributed by atoms with Crippen molar-refractivity contribution in [2.45, 2.75) is 6.92 Å². The van der Waals surface area contributed by atoms with Gasteiger partial charge in [-0.15, -0.1) is 0 Å². The van der Waals surface area contributed by atoms with Gasteiger partial charge < -0.3 is 14.2 Å². The summed E-state index contributed by atoms with van der Waals surface area (Å²) < 4.78 is 19.5. The molecule has 0 N–H and O–H groups in total. The van der Waals surface area contributed by atoms with Gasteiger partial charge in [0.15, 0.2) is 23.1 Å². The van der Waals surface area contributed by atoms with E-state index in [-0.39, 0.29) is 28.7 Å². The van der Waals surface area contributed by atoms with E-state index in [0.29, 0.717) is 90.1 Å². The third-order valence-electron chi connectivity index (χ3n) is 12.1. The molecular formula is C62H42N2O8. The van der Waals surface area contributed by atoms with Crippen molar-refractivity contribution in [2.24, 2.45) is 7.05 Å². The number of fused-ring (bicyclic) bond motifs is 1. The van der Waals surface area contributed by atoms with Crippen LogP contribution in [0.1, 0.15) is 69.2 Å². The molecule has 0 amide bonds. The molecular weight excluding hydrogens is 901 g/mol. The second-order valence-electron chi connectivity index (χ2n) is 17.0. The number of hydrogen-bond donors (Lipinski definition) is 0. The van der Waals surface area contributed by atoms with Gasteiger partial charge in [0.1, 0.15) is 34.5 Å². The number of carbonyl (C=O) groups is 4. The van der Waals surface area contributed by atoms with Crippen LogP contribution in [0.15, 0.2) is 223 Å². The summed E-state index contributed by atoms with van der Waals surface area (Å²) in [5.74, 6) is 2.70. The van der Waals surface area contributed by atoms with E-state index in [1.165, 1.54) is 4.68 Å². The fourth-order valence-electron chi connectivity index (χ4n) is 8.12. The highest BCUT2D eigenvalue weighted by Crippen LogP contribution is 2.31. The number of benzene rings is 9. The Morgan fingerprint density at radius 1 is 0.347 bits per heavy atom. The molecule has 10 rings (SSSR count). The van der Waals surface area contributed by atoms with Crippen molar-refractivity contribution in [1.82, 2.24) is 9.78 Å². The smallest absolute Gasteiger partial charge is 0.274 e. The van der Waals surface area contributed by atoms with E-state index in [9.17, 15) is 24.0 Å². The number of rotatable bonds is 15. The van der Waals surface area contributed by atoms with Crippen LogP contribution in [0, 0.1) is 6.92 Å². The number of aromatic nitrogens is 2. The summed E-state index contributed by atoms with van der Waals surface area (Å²) in [5.41, 5.74) is 6.33. The monoisotopic (exact) mass is 942 g/mol. The molecule has 0 saturated carbocycles. The predicted octanol–water partition coefficient (Wildman–Crippen LogP) is 13.2. The van der Waals surface area contributed by atoms with E-state index in [1.807, 2.05) is 61.5 Å². The molecule has 0 atom stereocenters. The largest absolute Gasteiger partial charge is 0.457 e. The number of ketones is 4. The van der Waals surface area contributed by atoms with Crippen LogP contribution in [0.4, 0.5) is 0 Å². The molecule has 0 spiro atoms. The third kappa shape index (κ3) is 10.0. The summed E-state index contributed by atoms with van der Waals surface area (Å²) in [5, 5.41) is 5.87. The van der Waals surface area contributed by atoms with Gasteiger partial charge in [-0.25, -0.2) is 4.68 Å². The minimum Gasteiger partial charge on any atom is -0.457 e. The van der Waals surface area contributed by atoms with Crippen molar-refractivity contribution >= 4 is 33.9 Å². The molecule has 9 aromatic carbocycles. The van der Waals surface area contributed by atoms with Crippen molar-refractivity contribution in [1.29, 1.82) is 0 Å². The van der Waals surface area contributed by atoms with Gasteiger partial charge in [-0.05, 0) is 134 Å². The van der Waals surface area contributed by atoms with Crippen LogP contribution in [0.3, 0.4) is 0 Å². The van der Waals surface area contributed by atoms with Crippen LogP contribution in [0.2, 0.25) is 0 Å². The molecule has 0 radical (unpaired) electrons. The van der Waals surface area contributed by atoms with Gasteiger partial charge >= 0.3 is 0 Å². The van der Waals surface area contributed by atoms with Gasteiger partial charge in [0.2, 0.25) is 0 Å². The lowest BCUT2D eigenvalue weighted by atomic mass is 9.98. The summed E-state index contributed by atoms with van der Waals surface area (Å²) in [6, 6.07) is 63.1. The predicted molar refractivity (Wildman–Crippen MR) is 276 cm³/mol. The second kappa shape index (κ2) is 20.0. The molecule has 0 unspecified atom stereocenters. The van der Waals surface area contributed by atoms with E-state index < -0.39 is 0 Å². The maximum absolute atomic E-state index is 13.4. The Bertz CT molecular complexity index is 3700. The van der Waals surface area contributed by atoms with Gasteiger partial charge in [0.05, 0.1) is 11.1 Å². The van der Waals surface area contributed by atoms with Gasteiger partial charge in [0, 0.05) is 62.5 Å². The molecule has 1 heterocycles. The number of ether oxygens (including phenoxy) is 3. The minimum absolute atomic E-state index is 0.0996. The van der Waals surface area contributed by atoms with Crippen molar-refractivity contribution in [3.05, 3.63) is 279 Å². The van der Waals surface area contributed by atoms with Gasteiger partial charge in [0.25, 0.3) is 5.56 Å². The summed E-state index contributed by atoms with van der Waals surface area (Å²) in [6.45, 7) is 1.97. The molecule has 0 aliphatic rings. The zero-order chi connectivity index (χ0) is 49.7. The lowest BCUT2D eigenvalue weighted by Crippen LogP contribution is -2.20. The quantitative estimate of drug-likeness (QED) is 0.0922. The Morgan fingerprint density at radius 3 is 0.917 bits per heavy atom. The molecule has 10 aromatic rings. The molecule has 10 nitrogen and oxygen atoms in total. The molecule has 348 valence electrons. The number of nitrogens with zero attached hydrogens (tertiary/aromatic N) is 2. The van der Waals surface area contributed by atoms with E-state index in [0.717, 1.165) is 16.5 Å². The average Bonchev–Trinajstić information content (AvgIpc) is 3.43. The first-order valence-corrected chi connectivity index (χ1v) is 23.0. The standard InChI is InChI=1S/C62H42N2O8/c1-39-7-9-41(10-8-39)58(65)42-11-13-43(14-12-42)59(66)47-23-31-51(32-24-47)71-53-35-37-54(38-36-53)72-52-33-25-48(26-34-52)61(68)45-17-15-44(16-18-45)60(67)46-21-29-50(30-22-46)70-49-27-19-40(20-28-49)57-55-5-3-4-6-56(55)62(69)64(2)63-57/h3-38H,1-2H3. The molecule has 72 heavy (non-hydrogen) atoms. The number of aryl methyl sites for hydroxylation is 2. The van der Waals surface area contributed by atoms with Crippen LogP contribution in [0.5, 0.6) is 34.5 Å². The van der Waals surface area contributed by atoms with E-state index in [4.69, 9.17) is 14.2 Å². The first-order chi connectivity index (χ1) is 35.0. The van der Waals surface area contributed by atoms with E-state index in [2.05, 4.69) is 5.10 Å². The normalized spacial score (nSPS) is 10.9. The van der Waals surface area contributed by atoms with Crippen molar-refractivity contribution in [3.8, 4) is 45.8 Å². The summed E-state index contributed by atoms with van der Waals surface area (Å²) in [7, 11) is 1.64. The third-order valence-corrected chi connectivity index (χ3v) is 12.1. The average molecular weight is 943 g/mol. The highest BCUT2D eigenvalue weighted by Gasteiger charge is 2.16. The Balaban J connectivity index is 0.697. The summed E-state index contributed by atoms with van der Waals surface area (Å²) in [6.07, 6.45) is 0. The maximum Gasteiger partial charge on any atom is 0.274 e. The lowest BCUT2D eigenvalue weighted by Gasteiger charge is -2.10. The SMILES string of the molecule is Cc1ccc(C(=O)c2ccc(C(=O)c3ccc(Oc4ccc(Oc5ccc(C(=O)c6ccc(C(=O)c7ccc(Oc8ccc(-c9nn(C)c(=O)c%10ccccc9%10)cc8)cc7)cc6)cc5)cc4)cc3)cc2)cc1. The topological polar surface area (TPSA) is 131 Å². The fraction of sp³-hybridized carbons (Fsp3) is 0.0323. The zero-order valence-electron chi connectivity index (χ0n) is 38.9. The van der Waals surface area contributed by atoms with Crippen LogP contribution in [0.25, 0.3) is 22.0 Å². The molecule has 1 aromatic heterocycles. The summed E-state index contributed by atoms with van der Waals surface area (Å²) >= 11 is 0. The Morgan fingerprint density at radius 2 is 0.597 bits per heavy atom. The van der Waals surface area contributed by atoms with E-state index in [1.54, 1.807) is 171 Å². The first kappa shape index (κ1) is 46.0. The second-order valence-corrected chi connectivity index (χ2v) is 17.0. The maximum atomic E-state index is 13.4. The number of carbonyl (C=O) groups excluding carboxylic acids is 4. The van der Waals surface area contributed by atoms with Gasteiger partial charge in [-0.3, -0.25) is 24.0 Å². The van der Waals surface area contributed by atoms with Crippen LogP contribution in [-0.4, -0.2) is 32.9 Å². The van der Waals surface area contributed by atoms with Crippen LogP contribution in [-0.2, 0) is 7.05 Å². The van der Waals surface area contributed by atoms with Crippen LogP contribution < -0.4 is 19.8 Å². The Labute approximate surface area is 414 Å². The van der Waals surface area contributed by atoms with Gasteiger partial charge in [-0.1, -0.05) is 96.6 Å². The molecule has 10 heteroatoms. The highest BCUT2D eigenvalue weighted by molar-refractivity contribution is 6.13. The molecule has 0 aliphatic carbocycles. The Kier molecular flexibility index (Phi) is 12.8. The van der Waals surface area contributed by atoms with Crippen molar-refractivity contribution in [2.75, 3.05) is 0 Å². The van der Waals surface area contributed by atoms with Crippen molar-refractivity contribution < 1.29 is 33.4 Å². The highest BCUT2D eigenvalue weighted by atomic mass is 16.5. The van der Waals surface area contributed by atoms with Gasteiger partial charge in [-0.2, -0.15) is 5.10 Å². The minimum atomic E-state index is -0.200. The molecule has 0 fully saturated rings. The summed E-state index contributed by atoms with van der Waals surface area (Å²) in [4.78, 5) is 65.5. The fourth-order valence-corrected chi connectivity index (χ4v) is 8.12. The molecule has 0 aliphatic heterocycles. The molecule has 0 saturated heterocycles. The zero-order valence-corrected chi connectivity index (χ0v) is 38.9. The number of hydrogen-bond acceptors (Lipinski definition) is 9. The first-order valence-electron chi connectivity index (χ1n) is 23.0. The van der Waals surface area contributed by atoms with E-state index >= 15 is 0 Å². The molecule has 0 bridgehead atoms. The van der Waals surface area contributed by atoms with Crippen molar-refractivity contribution in [3.63, 3.8) is 0 Å². The lowest BCUT2D eigenvalue weighted by molar-refractivity contribution is 0.102. The van der Waals surface area contributed by atoms with Crippen LogP contribution >= 0.6 is 0 Å². The Hall–Kier alpha value is -9.80.